The Morgan fingerprint density at radius 1 is 1.19 bits per heavy atom. The van der Waals surface area contributed by atoms with Crippen LogP contribution >= 0.6 is 0 Å². The van der Waals surface area contributed by atoms with E-state index in [-0.39, 0.29) is 22.6 Å². The Balaban J connectivity index is 2.06. The second kappa shape index (κ2) is 8.26. The van der Waals surface area contributed by atoms with Crippen molar-refractivity contribution in [2.75, 3.05) is 13.7 Å². The van der Waals surface area contributed by atoms with Crippen molar-refractivity contribution in [2.24, 2.45) is 0 Å². The molecule has 0 bridgehead atoms. The lowest BCUT2D eigenvalue weighted by molar-refractivity contribution is -0.385. The molecular formula is C17H19NO7S. The first-order valence-corrected chi connectivity index (χ1v) is 9.09. The molecule has 0 saturated heterocycles. The van der Waals surface area contributed by atoms with Crippen LogP contribution in [-0.2, 0) is 20.7 Å². The quantitative estimate of drug-likeness (QED) is 0.423. The third-order valence-corrected chi connectivity index (χ3v) is 4.97. The van der Waals surface area contributed by atoms with Gasteiger partial charge < -0.3 is 9.84 Å². The summed E-state index contributed by atoms with van der Waals surface area (Å²) in [5, 5.41) is 21.2. The molecule has 2 aromatic rings. The monoisotopic (exact) mass is 381 g/mol. The minimum absolute atomic E-state index is 0.0225. The van der Waals surface area contributed by atoms with Gasteiger partial charge in [0.05, 0.1) is 35.7 Å². The third-order valence-electron chi connectivity index (χ3n) is 3.67. The Morgan fingerprint density at radius 2 is 1.85 bits per heavy atom. The molecule has 0 aromatic heterocycles. The maximum Gasteiger partial charge on any atom is 0.297 e. The second-order valence-electron chi connectivity index (χ2n) is 5.66. The number of aliphatic hydroxyl groups excluding tert-OH is 1. The highest BCUT2D eigenvalue weighted by Crippen LogP contribution is 2.26. The molecular weight excluding hydrogens is 362 g/mol. The summed E-state index contributed by atoms with van der Waals surface area (Å²) >= 11 is 0. The summed E-state index contributed by atoms with van der Waals surface area (Å²) in [6.07, 6.45) is -1.37. The third kappa shape index (κ3) is 5.01. The zero-order chi connectivity index (χ0) is 19.3. The van der Waals surface area contributed by atoms with Gasteiger partial charge >= 0.3 is 0 Å². The van der Waals surface area contributed by atoms with Crippen molar-refractivity contribution in [3.8, 4) is 5.75 Å². The van der Waals surface area contributed by atoms with Crippen LogP contribution in [0.1, 0.15) is 11.1 Å². The van der Waals surface area contributed by atoms with Crippen LogP contribution in [0.4, 0.5) is 5.69 Å². The highest BCUT2D eigenvalue weighted by atomic mass is 32.2. The molecule has 0 aliphatic heterocycles. The number of aliphatic hydroxyl groups is 1. The molecule has 2 aromatic carbocycles. The molecule has 0 fully saturated rings. The molecule has 0 aliphatic rings. The minimum atomic E-state index is -4.02. The van der Waals surface area contributed by atoms with Crippen LogP contribution in [0, 0.1) is 17.0 Å². The molecule has 26 heavy (non-hydrogen) atoms. The maximum atomic E-state index is 12.1. The van der Waals surface area contributed by atoms with Gasteiger partial charge in [-0.25, -0.2) is 0 Å². The van der Waals surface area contributed by atoms with Crippen LogP contribution in [0.25, 0.3) is 0 Å². The Hall–Kier alpha value is -2.49. The van der Waals surface area contributed by atoms with Crippen LogP contribution in [-0.4, -0.2) is 38.3 Å². The molecule has 0 amide bonds. The molecule has 1 atom stereocenters. The van der Waals surface area contributed by atoms with Crippen molar-refractivity contribution in [3.63, 3.8) is 0 Å². The minimum Gasteiger partial charge on any atom is -0.497 e. The number of nitro groups is 1. The maximum absolute atomic E-state index is 12.1. The summed E-state index contributed by atoms with van der Waals surface area (Å²) in [7, 11) is -2.63. The highest BCUT2D eigenvalue weighted by Gasteiger charge is 2.21. The number of methoxy groups -OCH3 is 1. The van der Waals surface area contributed by atoms with Gasteiger partial charge in [0, 0.05) is 12.0 Å². The SMILES string of the molecule is COc1ccc(C[C@@H](O)COS(=O)(=O)c2ccc(C)cc2)c([N+](=O)[O-])c1. The zero-order valence-corrected chi connectivity index (χ0v) is 15.1. The van der Waals surface area contributed by atoms with Gasteiger partial charge in [0.25, 0.3) is 15.8 Å². The first-order valence-electron chi connectivity index (χ1n) is 7.68. The Kier molecular flexibility index (Phi) is 6.30. The van der Waals surface area contributed by atoms with Gasteiger partial charge in [0.15, 0.2) is 0 Å². The second-order valence-corrected chi connectivity index (χ2v) is 7.28. The molecule has 0 heterocycles. The van der Waals surface area contributed by atoms with Crippen molar-refractivity contribution in [3.05, 3.63) is 63.7 Å². The van der Waals surface area contributed by atoms with E-state index in [9.17, 15) is 23.6 Å². The van der Waals surface area contributed by atoms with Gasteiger partial charge in [-0.05, 0) is 31.2 Å². The fourth-order valence-corrected chi connectivity index (χ4v) is 3.21. The van der Waals surface area contributed by atoms with Crippen LogP contribution in [0.3, 0.4) is 0 Å². The molecule has 1 N–H and O–H groups in total. The molecule has 9 heteroatoms. The molecule has 0 unspecified atom stereocenters. The number of ether oxygens (including phenoxy) is 1. The van der Waals surface area contributed by atoms with Crippen LogP contribution in [0.2, 0.25) is 0 Å². The number of aryl methyl sites for hydroxylation is 1. The average Bonchev–Trinajstić information content (AvgIpc) is 2.60. The number of nitrogens with zero attached hydrogens (tertiary/aromatic N) is 1. The summed E-state index contributed by atoms with van der Waals surface area (Å²) in [5.41, 5.74) is 0.931. The van der Waals surface area contributed by atoms with E-state index < -0.39 is 27.8 Å². The predicted molar refractivity (Wildman–Crippen MR) is 93.7 cm³/mol. The van der Waals surface area contributed by atoms with Crippen LogP contribution in [0.5, 0.6) is 5.75 Å². The first-order chi connectivity index (χ1) is 12.2. The summed E-state index contributed by atoms with van der Waals surface area (Å²) < 4.78 is 34.0. The summed E-state index contributed by atoms with van der Waals surface area (Å²) in [4.78, 5) is 10.5. The Labute approximate surface area is 151 Å². The van der Waals surface area contributed by atoms with E-state index in [1.165, 1.54) is 37.4 Å². The normalized spacial score (nSPS) is 12.6. The van der Waals surface area contributed by atoms with Gasteiger partial charge in [0.2, 0.25) is 0 Å². The van der Waals surface area contributed by atoms with E-state index in [2.05, 4.69) is 0 Å². The van der Waals surface area contributed by atoms with E-state index in [0.29, 0.717) is 5.75 Å². The number of hydrogen-bond acceptors (Lipinski definition) is 7. The smallest absolute Gasteiger partial charge is 0.297 e. The first kappa shape index (κ1) is 19.8. The van der Waals surface area contributed by atoms with Gasteiger partial charge in [-0.3, -0.25) is 14.3 Å². The standard InChI is InChI=1S/C17H19NO7S/c1-12-3-7-16(8-4-12)26(22,23)25-11-14(19)9-13-5-6-15(24-2)10-17(13)18(20)21/h3-8,10,14,19H,9,11H2,1-2H3/t14-/m1/s1. The summed E-state index contributed by atoms with van der Waals surface area (Å²) in [6, 6.07) is 10.3. The van der Waals surface area contributed by atoms with Crippen molar-refractivity contribution >= 4 is 15.8 Å². The molecule has 0 saturated carbocycles. The topological polar surface area (TPSA) is 116 Å². The fraction of sp³-hybridized carbons (Fsp3) is 0.294. The molecule has 140 valence electrons. The van der Waals surface area contributed by atoms with E-state index in [4.69, 9.17) is 8.92 Å². The van der Waals surface area contributed by atoms with Gasteiger partial charge in [0.1, 0.15) is 5.75 Å². The number of nitro benzene ring substituents is 1. The summed E-state index contributed by atoms with van der Waals surface area (Å²) in [6.45, 7) is 1.31. The van der Waals surface area contributed by atoms with Crippen LogP contribution in [0.15, 0.2) is 47.4 Å². The van der Waals surface area contributed by atoms with E-state index in [0.717, 1.165) is 5.56 Å². The van der Waals surface area contributed by atoms with Gasteiger partial charge in [-0.2, -0.15) is 8.42 Å². The Bertz CT molecular complexity index is 878. The largest absolute Gasteiger partial charge is 0.497 e. The number of rotatable bonds is 8. The van der Waals surface area contributed by atoms with Crippen LogP contribution < -0.4 is 4.74 Å². The molecule has 0 radical (unpaired) electrons. The van der Waals surface area contributed by atoms with Crippen molar-refractivity contribution in [2.45, 2.75) is 24.3 Å². The number of benzene rings is 2. The average molecular weight is 381 g/mol. The van der Waals surface area contributed by atoms with Gasteiger partial charge in [-0.15, -0.1) is 0 Å². The Morgan fingerprint density at radius 3 is 2.42 bits per heavy atom. The van der Waals surface area contributed by atoms with Crippen molar-refractivity contribution < 1.29 is 27.4 Å². The number of hydrogen-bond donors (Lipinski definition) is 1. The zero-order valence-electron chi connectivity index (χ0n) is 14.3. The molecule has 0 spiro atoms. The van der Waals surface area contributed by atoms with E-state index in [1.54, 1.807) is 12.1 Å². The van der Waals surface area contributed by atoms with Crippen molar-refractivity contribution in [1.82, 2.24) is 0 Å². The molecule has 2 rings (SSSR count). The van der Waals surface area contributed by atoms with Gasteiger partial charge in [-0.1, -0.05) is 17.7 Å². The lowest BCUT2D eigenvalue weighted by Gasteiger charge is -2.12. The molecule has 0 aliphatic carbocycles. The van der Waals surface area contributed by atoms with E-state index in [1.807, 2.05) is 6.92 Å². The molecule has 8 nitrogen and oxygen atoms in total. The van der Waals surface area contributed by atoms with E-state index >= 15 is 0 Å². The summed E-state index contributed by atoms with van der Waals surface area (Å²) in [5.74, 6) is 0.313. The lowest BCUT2D eigenvalue weighted by atomic mass is 10.1. The lowest BCUT2D eigenvalue weighted by Crippen LogP contribution is -2.21. The van der Waals surface area contributed by atoms with Crippen molar-refractivity contribution in [1.29, 1.82) is 0 Å². The predicted octanol–water partition coefficient (Wildman–Crippen LogP) is 2.22. The fourth-order valence-electron chi connectivity index (χ4n) is 2.27. The highest BCUT2D eigenvalue weighted by molar-refractivity contribution is 7.86.